The number of aromatic nitrogens is 1. The lowest BCUT2D eigenvalue weighted by atomic mass is 10.0. The quantitative estimate of drug-likeness (QED) is 0.203. The van der Waals surface area contributed by atoms with Gasteiger partial charge in [0.1, 0.15) is 18.2 Å². The highest BCUT2D eigenvalue weighted by Crippen LogP contribution is 2.34. The predicted molar refractivity (Wildman–Crippen MR) is 177 cm³/mol. The van der Waals surface area contributed by atoms with Crippen LogP contribution >= 0.6 is 0 Å². The molecule has 6 rings (SSSR count). The molecule has 3 N–H and O–H groups in total. The van der Waals surface area contributed by atoms with Crippen LogP contribution in [0.2, 0.25) is 0 Å². The zero-order chi connectivity index (χ0) is 31.8. The van der Waals surface area contributed by atoms with Gasteiger partial charge in [0.05, 0.1) is 10.9 Å². The average molecular weight is 621 g/mol. The van der Waals surface area contributed by atoms with Gasteiger partial charge in [-0.15, -0.1) is 0 Å². The second kappa shape index (κ2) is 12.0. The predicted octanol–water partition coefficient (Wildman–Crippen LogP) is 6.21. The summed E-state index contributed by atoms with van der Waals surface area (Å²) in [4.78, 5) is 20.1. The van der Waals surface area contributed by atoms with Crippen LogP contribution in [0.4, 0.5) is 5.82 Å². The molecule has 0 spiro atoms. The van der Waals surface area contributed by atoms with Crippen molar-refractivity contribution in [3.8, 4) is 16.9 Å². The number of carbonyl (C=O) groups excluding carboxylic acids is 1. The second-order valence-electron chi connectivity index (χ2n) is 12.4. The van der Waals surface area contributed by atoms with Crippen molar-refractivity contribution in [3.05, 3.63) is 120 Å². The number of benzene rings is 4. The first-order valence-electron chi connectivity index (χ1n) is 14.9. The number of pyridine rings is 1. The summed E-state index contributed by atoms with van der Waals surface area (Å²) in [6.45, 7) is 6.08. The minimum Gasteiger partial charge on any atom is -0.491 e. The van der Waals surface area contributed by atoms with E-state index in [1.54, 1.807) is 30.5 Å². The van der Waals surface area contributed by atoms with E-state index in [-0.39, 0.29) is 23.5 Å². The van der Waals surface area contributed by atoms with Gasteiger partial charge in [-0.1, -0.05) is 60.7 Å². The summed E-state index contributed by atoms with van der Waals surface area (Å²) in [5.41, 5.74) is 9.33. The molecule has 0 radical (unpaired) electrons. The minimum atomic E-state index is -3.79. The first-order valence-corrected chi connectivity index (χ1v) is 16.3. The van der Waals surface area contributed by atoms with Crippen molar-refractivity contribution in [2.24, 2.45) is 0 Å². The lowest BCUT2D eigenvalue weighted by molar-refractivity contribution is 0.0637. The fraction of sp³-hybridized carbons (Fsp3) is 0.222. The van der Waals surface area contributed by atoms with Crippen LogP contribution in [0.5, 0.6) is 5.75 Å². The Hall–Kier alpha value is -4.73. The Bertz CT molecular complexity index is 1990. The van der Waals surface area contributed by atoms with Crippen LogP contribution in [0.15, 0.2) is 108 Å². The van der Waals surface area contributed by atoms with Crippen LogP contribution in [-0.2, 0) is 23.0 Å². The standard InChI is InChI=1S/C36H36N4O4S/c1-36(2,3)39-45(42,43)33-12-8-7-11-30(33)26-14-16-31-27(20-26)22-40(35(31)41)28(19-24-9-5-4-6-10-24)23-44-29-15-13-25-17-18-38-34(37)32(25)21-29/h4-18,20-21,28,39H,19,22-23H2,1-3H3,(H2,37,38). The van der Waals surface area contributed by atoms with E-state index >= 15 is 0 Å². The number of amides is 1. The van der Waals surface area contributed by atoms with Crippen LogP contribution < -0.4 is 15.2 Å². The summed E-state index contributed by atoms with van der Waals surface area (Å²) >= 11 is 0. The normalized spacial score (nSPS) is 14.0. The van der Waals surface area contributed by atoms with Gasteiger partial charge in [-0.05, 0) is 85.7 Å². The Kier molecular flexibility index (Phi) is 8.07. The number of nitrogen functional groups attached to an aromatic ring is 1. The number of hydrogen-bond donors (Lipinski definition) is 2. The Labute approximate surface area is 263 Å². The Morgan fingerprint density at radius 2 is 1.69 bits per heavy atom. The smallest absolute Gasteiger partial charge is 0.254 e. The van der Waals surface area contributed by atoms with E-state index in [1.165, 1.54) is 0 Å². The fourth-order valence-electron chi connectivity index (χ4n) is 5.80. The number of carbonyl (C=O) groups is 1. The van der Waals surface area contributed by atoms with Gasteiger partial charge in [0.15, 0.2) is 0 Å². The van der Waals surface area contributed by atoms with Crippen LogP contribution in [0.1, 0.15) is 42.3 Å². The first-order chi connectivity index (χ1) is 21.5. The van der Waals surface area contributed by atoms with E-state index in [1.807, 2.05) is 98.5 Å². The molecule has 1 aliphatic heterocycles. The molecule has 1 unspecified atom stereocenters. The van der Waals surface area contributed by atoms with E-state index in [9.17, 15) is 13.2 Å². The molecule has 5 aromatic rings. The van der Waals surface area contributed by atoms with Crippen LogP contribution in [0.25, 0.3) is 21.9 Å². The van der Waals surface area contributed by atoms with Gasteiger partial charge in [0.25, 0.3) is 5.91 Å². The number of ether oxygens (including phenoxy) is 1. The third-order valence-corrected chi connectivity index (χ3v) is 9.65. The number of hydrogen-bond acceptors (Lipinski definition) is 6. The number of nitrogens with two attached hydrogens (primary N) is 1. The topological polar surface area (TPSA) is 115 Å². The molecule has 0 saturated heterocycles. The molecule has 1 aromatic heterocycles. The van der Waals surface area contributed by atoms with Gasteiger partial charge in [-0.2, -0.15) is 0 Å². The number of anilines is 1. The number of sulfonamides is 1. The van der Waals surface area contributed by atoms with Crippen LogP contribution in [-0.4, -0.2) is 42.4 Å². The van der Waals surface area contributed by atoms with Gasteiger partial charge in [-0.3, -0.25) is 4.79 Å². The molecule has 1 atom stereocenters. The van der Waals surface area contributed by atoms with Gasteiger partial charge in [-0.25, -0.2) is 18.1 Å². The number of rotatable bonds is 9. The molecule has 0 fully saturated rings. The van der Waals surface area contributed by atoms with Crippen LogP contribution in [0, 0.1) is 0 Å². The Balaban J connectivity index is 1.29. The highest BCUT2D eigenvalue weighted by atomic mass is 32.2. The summed E-state index contributed by atoms with van der Waals surface area (Å²) in [5, 5.41) is 1.78. The third-order valence-electron chi connectivity index (χ3n) is 7.83. The zero-order valence-electron chi connectivity index (χ0n) is 25.5. The minimum absolute atomic E-state index is 0.0802. The maximum Gasteiger partial charge on any atom is 0.254 e. The molecular formula is C36H36N4O4S. The average Bonchev–Trinajstić information content (AvgIpc) is 3.34. The van der Waals surface area contributed by atoms with E-state index in [0.717, 1.165) is 27.5 Å². The van der Waals surface area contributed by atoms with E-state index in [0.29, 0.717) is 35.7 Å². The van der Waals surface area contributed by atoms with Crippen molar-refractivity contribution in [3.63, 3.8) is 0 Å². The van der Waals surface area contributed by atoms with Crippen molar-refractivity contribution in [1.29, 1.82) is 0 Å². The molecule has 0 aliphatic carbocycles. The molecule has 8 nitrogen and oxygen atoms in total. The highest BCUT2D eigenvalue weighted by Gasteiger charge is 2.34. The van der Waals surface area contributed by atoms with E-state index in [2.05, 4.69) is 9.71 Å². The number of nitrogens with one attached hydrogen (secondary N) is 1. The summed E-state index contributed by atoms with van der Waals surface area (Å²) < 4.78 is 35.7. The van der Waals surface area contributed by atoms with Crippen molar-refractivity contribution in [1.82, 2.24) is 14.6 Å². The maximum atomic E-state index is 13.8. The summed E-state index contributed by atoms with van der Waals surface area (Å²) in [5.74, 6) is 1.00. The van der Waals surface area contributed by atoms with Gasteiger partial charge < -0.3 is 15.4 Å². The lowest BCUT2D eigenvalue weighted by Crippen LogP contribution is -2.41. The van der Waals surface area contributed by atoms with Crippen molar-refractivity contribution in [2.75, 3.05) is 12.3 Å². The third kappa shape index (κ3) is 6.55. The first kappa shape index (κ1) is 30.3. The lowest BCUT2D eigenvalue weighted by Gasteiger charge is -2.28. The second-order valence-corrected chi connectivity index (χ2v) is 14.0. The maximum absolute atomic E-state index is 13.8. The van der Waals surface area contributed by atoms with Crippen molar-refractivity contribution < 1.29 is 17.9 Å². The highest BCUT2D eigenvalue weighted by molar-refractivity contribution is 7.89. The van der Waals surface area contributed by atoms with Gasteiger partial charge in [0, 0.05) is 34.8 Å². The molecule has 4 aromatic carbocycles. The Morgan fingerprint density at radius 3 is 2.47 bits per heavy atom. The molecule has 0 saturated carbocycles. The van der Waals surface area contributed by atoms with Gasteiger partial charge in [0.2, 0.25) is 10.0 Å². The largest absolute Gasteiger partial charge is 0.491 e. The van der Waals surface area contributed by atoms with Crippen LogP contribution in [0.3, 0.4) is 0 Å². The SMILES string of the molecule is CC(C)(C)NS(=O)(=O)c1ccccc1-c1ccc2c(c1)CN(C(COc1ccc3ccnc(N)c3c1)Cc1ccccc1)C2=O. The molecule has 9 heteroatoms. The van der Waals surface area contributed by atoms with Crippen molar-refractivity contribution >= 4 is 32.5 Å². The monoisotopic (exact) mass is 620 g/mol. The molecule has 230 valence electrons. The summed E-state index contributed by atoms with van der Waals surface area (Å²) in [6, 6.07) is 29.9. The number of fused-ring (bicyclic) bond motifs is 2. The van der Waals surface area contributed by atoms with E-state index in [4.69, 9.17) is 10.5 Å². The van der Waals surface area contributed by atoms with Crippen molar-refractivity contribution in [2.45, 2.75) is 50.2 Å². The molecule has 0 bridgehead atoms. The summed E-state index contributed by atoms with van der Waals surface area (Å²) in [6.07, 6.45) is 2.28. The van der Waals surface area contributed by atoms with E-state index < -0.39 is 15.6 Å². The fourth-order valence-corrected chi connectivity index (χ4v) is 7.45. The molecule has 1 amide bonds. The molecule has 1 aliphatic rings. The zero-order valence-corrected chi connectivity index (χ0v) is 26.3. The van der Waals surface area contributed by atoms with Gasteiger partial charge >= 0.3 is 0 Å². The Morgan fingerprint density at radius 1 is 0.933 bits per heavy atom. The number of nitrogens with zero attached hydrogens (tertiary/aromatic N) is 2. The molecule has 45 heavy (non-hydrogen) atoms. The molecule has 2 heterocycles. The summed E-state index contributed by atoms with van der Waals surface area (Å²) in [7, 11) is -3.79. The molecular weight excluding hydrogens is 584 g/mol.